The van der Waals surface area contributed by atoms with E-state index in [-0.39, 0.29) is 0 Å². The van der Waals surface area contributed by atoms with Gasteiger partial charge in [0.2, 0.25) is 0 Å². The average Bonchev–Trinajstić information content (AvgIpc) is 2.44. The zero-order valence-corrected chi connectivity index (χ0v) is 12.2. The monoisotopic (exact) mass is 248 g/mol. The normalized spacial score (nSPS) is 11.4. The van der Waals surface area contributed by atoms with Gasteiger partial charge in [0.25, 0.3) is 0 Å². The second-order valence-corrected chi connectivity index (χ2v) is 4.70. The lowest BCUT2D eigenvalue weighted by Crippen LogP contribution is -2.36. The molecule has 0 atom stereocenters. The van der Waals surface area contributed by atoms with Crippen LogP contribution in [0.1, 0.15) is 26.3 Å². The molecule has 0 aliphatic rings. The lowest BCUT2D eigenvalue weighted by atomic mass is 10.1. The molecule has 0 N–H and O–H groups in total. The minimum Gasteiger partial charge on any atom is -0.303 e. The summed E-state index contributed by atoms with van der Waals surface area (Å²) in [4.78, 5) is 5.04. The summed E-state index contributed by atoms with van der Waals surface area (Å²) in [6.45, 7) is 13.7. The highest BCUT2D eigenvalue weighted by atomic mass is 15.2. The van der Waals surface area contributed by atoms with Gasteiger partial charge in [-0.2, -0.15) is 0 Å². The molecule has 0 bridgehead atoms. The van der Waals surface area contributed by atoms with Crippen molar-refractivity contribution in [2.45, 2.75) is 27.2 Å². The second-order valence-electron chi connectivity index (χ2n) is 4.70. The Balaban J connectivity index is 2.29. The number of likely N-dealkylation sites (N-methyl/N-ethyl adjacent to an activating group) is 2. The zero-order chi connectivity index (χ0) is 13.2. The van der Waals surface area contributed by atoms with Crippen LogP contribution in [0.5, 0.6) is 0 Å². The topological polar surface area (TPSA) is 6.48 Å². The summed E-state index contributed by atoms with van der Waals surface area (Å²) < 4.78 is 0. The van der Waals surface area contributed by atoms with E-state index >= 15 is 0 Å². The van der Waals surface area contributed by atoms with Crippen LogP contribution in [0.3, 0.4) is 0 Å². The molecule has 18 heavy (non-hydrogen) atoms. The maximum atomic E-state index is 2.55. The molecular formula is C16H28N2. The molecule has 1 aromatic rings. The van der Waals surface area contributed by atoms with Crippen LogP contribution in [0.15, 0.2) is 30.3 Å². The van der Waals surface area contributed by atoms with E-state index in [1.165, 1.54) is 25.2 Å². The van der Waals surface area contributed by atoms with Gasteiger partial charge in [0.1, 0.15) is 0 Å². The van der Waals surface area contributed by atoms with E-state index in [2.05, 4.69) is 60.9 Å². The third kappa shape index (κ3) is 5.65. The van der Waals surface area contributed by atoms with Gasteiger partial charge in [0.15, 0.2) is 0 Å². The highest BCUT2D eigenvalue weighted by Crippen LogP contribution is 2.01. The first-order valence-electron chi connectivity index (χ1n) is 7.28. The van der Waals surface area contributed by atoms with E-state index in [0.29, 0.717) is 0 Å². The van der Waals surface area contributed by atoms with Gasteiger partial charge in [-0.25, -0.2) is 0 Å². The van der Waals surface area contributed by atoms with Crippen LogP contribution in [0.25, 0.3) is 0 Å². The third-order valence-electron chi connectivity index (χ3n) is 3.63. The smallest absolute Gasteiger partial charge is 0.0109 e. The first-order valence-corrected chi connectivity index (χ1v) is 7.28. The first-order chi connectivity index (χ1) is 8.80. The Labute approximate surface area is 113 Å². The Hall–Kier alpha value is -0.860. The molecule has 0 aromatic heterocycles. The number of hydrogen-bond acceptors (Lipinski definition) is 2. The molecule has 0 unspecified atom stereocenters. The van der Waals surface area contributed by atoms with Gasteiger partial charge in [-0.1, -0.05) is 51.1 Å². The van der Waals surface area contributed by atoms with E-state index in [0.717, 1.165) is 26.1 Å². The van der Waals surface area contributed by atoms with Crippen molar-refractivity contribution in [2.24, 2.45) is 0 Å². The lowest BCUT2D eigenvalue weighted by molar-refractivity contribution is 0.222. The van der Waals surface area contributed by atoms with Gasteiger partial charge in [0.05, 0.1) is 0 Å². The van der Waals surface area contributed by atoms with Gasteiger partial charge in [0, 0.05) is 19.6 Å². The minimum absolute atomic E-state index is 1.15. The number of hydrogen-bond donors (Lipinski definition) is 0. The Bertz CT molecular complexity index is 293. The Morgan fingerprint density at radius 1 is 0.722 bits per heavy atom. The summed E-state index contributed by atoms with van der Waals surface area (Å²) in [5.74, 6) is 0. The Morgan fingerprint density at radius 2 is 1.28 bits per heavy atom. The Morgan fingerprint density at radius 3 is 1.83 bits per heavy atom. The SMILES string of the molecule is CCN(CC)CCN(CC)CCc1ccccc1. The van der Waals surface area contributed by atoms with Crippen molar-refractivity contribution in [1.29, 1.82) is 0 Å². The van der Waals surface area contributed by atoms with Gasteiger partial charge in [-0.05, 0) is 31.6 Å². The highest BCUT2D eigenvalue weighted by molar-refractivity contribution is 5.14. The minimum atomic E-state index is 1.15. The molecule has 2 heteroatoms. The lowest BCUT2D eigenvalue weighted by Gasteiger charge is -2.25. The fraction of sp³-hybridized carbons (Fsp3) is 0.625. The summed E-state index contributed by atoms with van der Waals surface area (Å²) in [6, 6.07) is 10.8. The summed E-state index contributed by atoms with van der Waals surface area (Å²) in [6.07, 6.45) is 1.16. The summed E-state index contributed by atoms with van der Waals surface area (Å²) in [5, 5.41) is 0. The zero-order valence-electron chi connectivity index (χ0n) is 12.2. The van der Waals surface area contributed by atoms with E-state index < -0.39 is 0 Å². The molecule has 0 aliphatic carbocycles. The van der Waals surface area contributed by atoms with Gasteiger partial charge in [-0.15, -0.1) is 0 Å². The van der Waals surface area contributed by atoms with Crippen molar-refractivity contribution >= 4 is 0 Å². The predicted molar refractivity (Wildman–Crippen MR) is 80.0 cm³/mol. The van der Waals surface area contributed by atoms with Crippen molar-refractivity contribution in [1.82, 2.24) is 9.80 Å². The Kier molecular flexibility index (Phi) is 7.70. The highest BCUT2D eigenvalue weighted by Gasteiger charge is 2.05. The standard InChI is InChI=1S/C16H28N2/c1-4-17(5-2)14-15-18(6-3)13-12-16-10-8-7-9-11-16/h7-11H,4-6,12-15H2,1-3H3. The number of rotatable bonds is 9. The van der Waals surface area contributed by atoms with Crippen molar-refractivity contribution in [3.8, 4) is 0 Å². The summed E-state index contributed by atoms with van der Waals surface area (Å²) >= 11 is 0. The predicted octanol–water partition coefficient (Wildman–Crippen LogP) is 2.89. The van der Waals surface area contributed by atoms with Crippen molar-refractivity contribution < 1.29 is 0 Å². The van der Waals surface area contributed by atoms with Crippen molar-refractivity contribution in [2.75, 3.05) is 39.3 Å². The second kappa shape index (κ2) is 9.12. The van der Waals surface area contributed by atoms with Crippen molar-refractivity contribution in [3.63, 3.8) is 0 Å². The summed E-state index contributed by atoms with van der Waals surface area (Å²) in [5.41, 5.74) is 1.44. The van der Waals surface area contributed by atoms with E-state index in [4.69, 9.17) is 0 Å². The molecule has 0 spiro atoms. The van der Waals surface area contributed by atoms with Crippen LogP contribution in [0.4, 0.5) is 0 Å². The maximum absolute atomic E-state index is 2.55. The molecule has 102 valence electrons. The first kappa shape index (κ1) is 15.2. The van der Waals surface area contributed by atoms with Crippen LogP contribution in [-0.2, 0) is 6.42 Å². The molecule has 2 nitrogen and oxygen atoms in total. The molecule has 1 rings (SSSR count). The number of nitrogens with zero attached hydrogens (tertiary/aromatic N) is 2. The molecule has 0 aliphatic heterocycles. The molecule has 0 fully saturated rings. The fourth-order valence-electron chi connectivity index (χ4n) is 2.18. The van der Waals surface area contributed by atoms with Gasteiger partial charge in [-0.3, -0.25) is 0 Å². The van der Waals surface area contributed by atoms with Crippen LogP contribution in [0, 0.1) is 0 Å². The van der Waals surface area contributed by atoms with E-state index in [9.17, 15) is 0 Å². The average molecular weight is 248 g/mol. The third-order valence-corrected chi connectivity index (χ3v) is 3.63. The number of benzene rings is 1. The molecular weight excluding hydrogens is 220 g/mol. The summed E-state index contributed by atoms with van der Waals surface area (Å²) in [7, 11) is 0. The van der Waals surface area contributed by atoms with Crippen LogP contribution in [0.2, 0.25) is 0 Å². The molecule has 0 amide bonds. The molecule has 0 saturated heterocycles. The van der Waals surface area contributed by atoms with E-state index in [1.54, 1.807) is 0 Å². The maximum Gasteiger partial charge on any atom is 0.0109 e. The van der Waals surface area contributed by atoms with Crippen LogP contribution >= 0.6 is 0 Å². The largest absolute Gasteiger partial charge is 0.303 e. The molecule has 0 heterocycles. The van der Waals surface area contributed by atoms with Gasteiger partial charge >= 0.3 is 0 Å². The molecule has 0 saturated carbocycles. The molecule has 1 aromatic carbocycles. The quantitative estimate of drug-likeness (QED) is 0.663. The van der Waals surface area contributed by atoms with Gasteiger partial charge < -0.3 is 9.80 Å². The van der Waals surface area contributed by atoms with Crippen molar-refractivity contribution in [3.05, 3.63) is 35.9 Å². The van der Waals surface area contributed by atoms with Crippen LogP contribution < -0.4 is 0 Å². The molecule has 0 radical (unpaired) electrons. The fourth-order valence-corrected chi connectivity index (χ4v) is 2.18. The van der Waals surface area contributed by atoms with E-state index in [1.807, 2.05) is 0 Å². The van der Waals surface area contributed by atoms with Crippen LogP contribution in [-0.4, -0.2) is 49.1 Å².